The molecule has 1 N–H and O–H groups in total. The lowest BCUT2D eigenvalue weighted by Crippen LogP contribution is -2.46. The summed E-state index contributed by atoms with van der Waals surface area (Å²) in [6.45, 7) is 7.32. The fourth-order valence-electron chi connectivity index (χ4n) is 5.05. The number of nitrogens with one attached hydrogen (secondary N) is 1. The second kappa shape index (κ2) is 12.7. The fourth-order valence-corrected chi connectivity index (χ4v) is 5.94. The first kappa shape index (κ1) is 27.2. The Morgan fingerprint density at radius 1 is 0.846 bits per heavy atom. The molecule has 0 spiro atoms. The summed E-state index contributed by atoms with van der Waals surface area (Å²) < 4.78 is 35.4. The van der Waals surface area contributed by atoms with Crippen LogP contribution in [-0.4, -0.2) is 64.2 Å². The summed E-state index contributed by atoms with van der Waals surface area (Å²) in [4.78, 5) is 8.50. The Bertz CT molecular complexity index is 1440. The number of aryl methyl sites for hydroxylation is 2. The molecule has 0 saturated carbocycles. The number of para-hydroxylation sites is 1. The molecule has 1 aliphatic rings. The number of H-pyrrole nitrogens is 1. The van der Waals surface area contributed by atoms with Gasteiger partial charge in [-0.3, -0.25) is 9.08 Å². The first-order valence-corrected chi connectivity index (χ1v) is 15.1. The molecule has 206 valence electrons. The van der Waals surface area contributed by atoms with Crippen molar-refractivity contribution >= 4 is 26.7 Å². The molecule has 4 aromatic rings. The van der Waals surface area contributed by atoms with Crippen LogP contribution < -0.4 is 9.64 Å². The van der Waals surface area contributed by atoms with E-state index in [1.54, 1.807) is 24.3 Å². The minimum absolute atomic E-state index is 0.0400. The average Bonchev–Trinajstić information content (AvgIpc) is 3.37. The normalized spacial score (nSPS) is 14.6. The molecule has 0 aliphatic carbocycles. The maximum atomic E-state index is 12.3. The maximum absolute atomic E-state index is 12.3. The van der Waals surface area contributed by atoms with E-state index in [0.717, 1.165) is 44.7 Å². The Kier molecular flexibility index (Phi) is 8.86. The summed E-state index contributed by atoms with van der Waals surface area (Å²) in [7, 11) is -3.78. The van der Waals surface area contributed by atoms with E-state index in [1.165, 1.54) is 35.0 Å². The monoisotopic (exact) mass is 547 g/mol. The van der Waals surface area contributed by atoms with Crippen LogP contribution in [0.15, 0.2) is 83.9 Å². The number of unbranched alkanes of at least 4 members (excludes halogenated alkanes) is 1. The number of benzene rings is 3. The highest BCUT2D eigenvalue weighted by atomic mass is 32.2. The van der Waals surface area contributed by atoms with Gasteiger partial charge in [-0.1, -0.05) is 35.9 Å². The Morgan fingerprint density at radius 2 is 1.59 bits per heavy atom. The molecule has 1 aliphatic heterocycles. The lowest BCUT2D eigenvalue weighted by Gasteiger charge is -2.36. The van der Waals surface area contributed by atoms with E-state index in [9.17, 15) is 8.42 Å². The Morgan fingerprint density at radius 3 is 2.36 bits per heavy atom. The number of aromatic amines is 1. The van der Waals surface area contributed by atoms with Crippen LogP contribution in [0.1, 0.15) is 24.0 Å². The van der Waals surface area contributed by atoms with Crippen molar-refractivity contribution in [3.05, 3.63) is 90.1 Å². The van der Waals surface area contributed by atoms with Crippen molar-refractivity contribution in [3.8, 4) is 5.75 Å². The van der Waals surface area contributed by atoms with Crippen LogP contribution in [-0.2, 0) is 20.7 Å². The van der Waals surface area contributed by atoms with Gasteiger partial charge in [-0.2, -0.15) is 8.42 Å². The largest absolute Gasteiger partial charge is 0.491 e. The Hall–Kier alpha value is -3.33. The minimum Gasteiger partial charge on any atom is -0.491 e. The molecule has 0 unspecified atom stereocenters. The quantitative estimate of drug-likeness (QED) is 0.189. The van der Waals surface area contributed by atoms with Crippen LogP contribution in [0.3, 0.4) is 0 Å². The molecule has 5 rings (SSSR count). The van der Waals surface area contributed by atoms with Gasteiger partial charge in [-0.05, 0) is 80.8 Å². The van der Waals surface area contributed by atoms with Gasteiger partial charge in [0.1, 0.15) is 19.0 Å². The van der Waals surface area contributed by atoms with Gasteiger partial charge < -0.3 is 14.6 Å². The van der Waals surface area contributed by atoms with E-state index in [1.807, 2.05) is 19.1 Å². The molecular weight excluding hydrogens is 510 g/mol. The molecule has 2 heterocycles. The average molecular weight is 548 g/mol. The molecule has 0 radical (unpaired) electrons. The van der Waals surface area contributed by atoms with E-state index in [0.29, 0.717) is 5.75 Å². The SMILES string of the molecule is Cc1ccc(S(=O)(=O)OCCOc2ccc(N3CCN(CCCCc4c[nH]c5ccccc45)CC3)cc2)cc1. The second-order valence-corrected chi connectivity index (χ2v) is 11.7. The highest BCUT2D eigenvalue weighted by Crippen LogP contribution is 2.22. The molecule has 1 saturated heterocycles. The van der Waals surface area contributed by atoms with Crippen molar-refractivity contribution in [1.29, 1.82) is 0 Å². The van der Waals surface area contributed by atoms with E-state index in [4.69, 9.17) is 8.92 Å². The molecule has 39 heavy (non-hydrogen) atoms. The van der Waals surface area contributed by atoms with Crippen molar-refractivity contribution in [2.24, 2.45) is 0 Å². The zero-order chi connectivity index (χ0) is 27.1. The maximum Gasteiger partial charge on any atom is 0.297 e. The number of ether oxygens (including phenoxy) is 1. The third-order valence-electron chi connectivity index (χ3n) is 7.32. The summed E-state index contributed by atoms with van der Waals surface area (Å²) in [6.07, 6.45) is 5.69. The predicted octanol–water partition coefficient (Wildman–Crippen LogP) is 5.41. The zero-order valence-corrected chi connectivity index (χ0v) is 23.3. The van der Waals surface area contributed by atoms with Gasteiger partial charge in [0.2, 0.25) is 0 Å². The minimum atomic E-state index is -3.78. The van der Waals surface area contributed by atoms with Crippen LogP contribution in [0.4, 0.5) is 5.69 Å². The molecule has 0 atom stereocenters. The van der Waals surface area contributed by atoms with Crippen molar-refractivity contribution < 1.29 is 17.3 Å². The number of piperazine rings is 1. The third-order valence-corrected chi connectivity index (χ3v) is 8.65. The lowest BCUT2D eigenvalue weighted by molar-refractivity contribution is 0.221. The number of fused-ring (bicyclic) bond motifs is 1. The number of aromatic nitrogens is 1. The standard InChI is InChI=1S/C31H37N3O4S/c1-25-9-15-29(16-10-25)39(35,36)38-23-22-37-28-13-11-27(12-14-28)34-20-18-33(19-21-34)17-5-4-6-26-24-32-31-8-3-2-7-30(26)31/h2-3,7-16,24,32H,4-6,17-23H2,1H3. The van der Waals surface area contributed by atoms with Gasteiger partial charge in [-0.15, -0.1) is 0 Å². The molecule has 0 amide bonds. The summed E-state index contributed by atoms with van der Waals surface area (Å²) in [5.74, 6) is 0.698. The summed E-state index contributed by atoms with van der Waals surface area (Å²) in [5, 5.41) is 1.35. The molecule has 1 fully saturated rings. The van der Waals surface area contributed by atoms with E-state index < -0.39 is 10.1 Å². The Labute approximate surface area is 231 Å². The topological polar surface area (TPSA) is 74.9 Å². The zero-order valence-electron chi connectivity index (χ0n) is 22.5. The third kappa shape index (κ3) is 7.20. The highest BCUT2D eigenvalue weighted by molar-refractivity contribution is 7.86. The fraction of sp³-hybridized carbons (Fsp3) is 0.355. The number of nitrogens with zero attached hydrogens (tertiary/aromatic N) is 2. The van der Waals surface area contributed by atoms with Crippen LogP contribution >= 0.6 is 0 Å². The predicted molar refractivity (Wildman–Crippen MR) is 156 cm³/mol. The Balaban J connectivity index is 0.987. The number of anilines is 1. The number of hydrogen-bond donors (Lipinski definition) is 1. The van der Waals surface area contributed by atoms with Gasteiger partial charge in [0.15, 0.2) is 0 Å². The number of hydrogen-bond acceptors (Lipinski definition) is 6. The molecule has 7 nitrogen and oxygen atoms in total. The van der Waals surface area contributed by atoms with Crippen molar-refractivity contribution in [1.82, 2.24) is 9.88 Å². The smallest absolute Gasteiger partial charge is 0.297 e. The van der Waals surface area contributed by atoms with Crippen LogP contribution in [0.5, 0.6) is 5.75 Å². The molecule has 3 aromatic carbocycles. The highest BCUT2D eigenvalue weighted by Gasteiger charge is 2.17. The number of rotatable bonds is 12. The van der Waals surface area contributed by atoms with Gasteiger partial charge in [0, 0.05) is 49.0 Å². The summed E-state index contributed by atoms with van der Waals surface area (Å²) >= 11 is 0. The first-order chi connectivity index (χ1) is 19.0. The van der Waals surface area contributed by atoms with Crippen LogP contribution in [0.25, 0.3) is 10.9 Å². The van der Waals surface area contributed by atoms with Crippen molar-refractivity contribution in [2.45, 2.75) is 31.1 Å². The molecule has 1 aromatic heterocycles. The lowest BCUT2D eigenvalue weighted by atomic mass is 10.1. The van der Waals surface area contributed by atoms with Gasteiger partial charge >= 0.3 is 0 Å². The summed E-state index contributed by atoms with van der Waals surface area (Å²) in [5.41, 5.74) is 4.82. The molecule has 0 bridgehead atoms. The van der Waals surface area contributed by atoms with Gasteiger partial charge in [-0.25, -0.2) is 0 Å². The molecular formula is C31H37N3O4S. The second-order valence-electron chi connectivity index (χ2n) is 10.1. The summed E-state index contributed by atoms with van der Waals surface area (Å²) in [6, 6.07) is 23.1. The van der Waals surface area contributed by atoms with Gasteiger partial charge in [0.05, 0.1) is 4.90 Å². The van der Waals surface area contributed by atoms with E-state index in [2.05, 4.69) is 57.4 Å². The van der Waals surface area contributed by atoms with Gasteiger partial charge in [0.25, 0.3) is 10.1 Å². The van der Waals surface area contributed by atoms with Crippen LogP contribution in [0.2, 0.25) is 0 Å². The van der Waals surface area contributed by atoms with Crippen molar-refractivity contribution in [3.63, 3.8) is 0 Å². The van der Waals surface area contributed by atoms with Crippen molar-refractivity contribution in [2.75, 3.05) is 50.8 Å². The van der Waals surface area contributed by atoms with E-state index >= 15 is 0 Å². The first-order valence-electron chi connectivity index (χ1n) is 13.7. The van der Waals surface area contributed by atoms with E-state index in [-0.39, 0.29) is 18.1 Å². The van der Waals surface area contributed by atoms with Crippen LogP contribution in [0, 0.1) is 6.92 Å². The molecule has 8 heteroatoms.